The lowest BCUT2D eigenvalue weighted by molar-refractivity contribution is 0.913. The normalized spacial score (nSPS) is 11.0. The second kappa shape index (κ2) is 6.76. The molecule has 0 aliphatic carbocycles. The molecule has 0 fully saturated rings. The van der Waals surface area contributed by atoms with Gasteiger partial charge in [-0.05, 0) is 33.3 Å². The standard InChI is InChI=1S/C22H21N5/c1-14-10-8-9-13-19(14)22-26-25-21(18-11-6-5-7-12-18)27(22)20-15(2)23-17(4)24-16(20)3/h5-13H,1-4H3. The molecule has 4 rings (SSSR count). The topological polar surface area (TPSA) is 56.5 Å². The molecule has 0 N–H and O–H groups in total. The van der Waals surface area contributed by atoms with Crippen molar-refractivity contribution in [3.8, 4) is 28.5 Å². The van der Waals surface area contributed by atoms with Crippen molar-refractivity contribution < 1.29 is 0 Å². The molecule has 0 amide bonds. The molecule has 2 heterocycles. The van der Waals surface area contributed by atoms with Crippen LogP contribution in [0.15, 0.2) is 54.6 Å². The SMILES string of the molecule is Cc1nc(C)c(-n2c(-c3ccccc3)nnc2-c2ccccc2C)c(C)n1. The van der Waals surface area contributed by atoms with Gasteiger partial charge in [0.1, 0.15) is 5.82 Å². The number of aromatic nitrogens is 5. The first kappa shape index (κ1) is 17.1. The van der Waals surface area contributed by atoms with E-state index >= 15 is 0 Å². The molecule has 0 aliphatic rings. The number of rotatable bonds is 3. The van der Waals surface area contributed by atoms with Crippen LogP contribution in [0.3, 0.4) is 0 Å². The van der Waals surface area contributed by atoms with Gasteiger partial charge in [0, 0.05) is 11.1 Å². The van der Waals surface area contributed by atoms with E-state index in [1.54, 1.807) is 0 Å². The zero-order chi connectivity index (χ0) is 19.0. The van der Waals surface area contributed by atoms with Crippen LogP contribution in [0.5, 0.6) is 0 Å². The van der Waals surface area contributed by atoms with Crippen LogP contribution >= 0.6 is 0 Å². The second-order valence-electron chi connectivity index (χ2n) is 6.65. The number of aryl methyl sites for hydroxylation is 4. The summed E-state index contributed by atoms with van der Waals surface area (Å²) in [4.78, 5) is 9.19. The van der Waals surface area contributed by atoms with Crippen LogP contribution in [-0.2, 0) is 0 Å². The van der Waals surface area contributed by atoms with Crippen molar-refractivity contribution in [2.24, 2.45) is 0 Å². The Bertz CT molecular complexity index is 1090. The summed E-state index contributed by atoms with van der Waals surface area (Å²) < 4.78 is 2.09. The molecule has 0 spiro atoms. The fourth-order valence-electron chi connectivity index (χ4n) is 3.47. The first-order chi connectivity index (χ1) is 13.1. The van der Waals surface area contributed by atoms with Crippen LogP contribution in [0.1, 0.15) is 22.8 Å². The van der Waals surface area contributed by atoms with E-state index in [1.165, 1.54) is 0 Å². The van der Waals surface area contributed by atoms with Crippen molar-refractivity contribution in [3.63, 3.8) is 0 Å². The lowest BCUT2D eigenvalue weighted by atomic mass is 10.1. The maximum Gasteiger partial charge on any atom is 0.169 e. The Labute approximate surface area is 158 Å². The van der Waals surface area contributed by atoms with Gasteiger partial charge in [-0.2, -0.15) is 0 Å². The number of hydrogen-bond donors (Lipinski definition) is 0. The predicted octanol–water partition coefficient (Wildman–Crippen LogP) is 4.62. The van der Waals surface area contributed by atoms with E-state index in [1.807, 2.05) is 63.2 Å². The van der Waals surface area contributed by atoms with Crippen molar-refractivity contribution in [2.75, 3.05) is 0 Å². The van der Waals surface area contributed by atoms with Crippen LogP contribution in [0, 0.1) is 27.7 Å². The first-order valence-corrected chi connectivity index (χ1v) is 8.95. The van der Waals surface area contributed by atoms with Gasteiger partial charge >= 0.3 is 0 Å². The van der Waals surface area contributed by atoms with E-state index in [0.717, 1.165) is 51.2 Å². The smallest absolute Gasteiger partial charge is 0.169 e. The molecule has 2 aromatic heterocycles. The van der Waals surface area contributed by atoms with Crippen LogP contribution in [0.4, 0.5) is 0 Å². The molecule has 0 bridgehead atoms. The van der Waals surface area contributed by atoms with E-state index in [0.29, 0.717) is 0 Å². The van der Waals surface area contributed by atoms with Gasteiger partial charge < -0.3 is 0 Å². The van der Waals surface area contributed by atoms with Crippen molar-refractivity contribution >= 4 is 0 Å². The Morgan fingerprint density at radius 1 is 0.667 bits per heavy atom. The van der Waals surface area contributed by atoms with E-state index in [4.69, 9.17) is 0 Å². The molecule has 134 valence electrons. The van der Waals surface area contributed by atoms with Gasteiger partial charge in [0.05, 0.1) is 17.1 Å². The molecule has 5 heteroatoms. The monoisotopic (exact) mass is 355 g/mol. The summed E-state index contributed by atoms with van der Waals surface area (Å²) in [7, 11) is 0. The first-order valence-electron chi connectivity index (χ1n) is 8.95. The van der Waals surface area contributed by atoms with E-state index in [2.05, 4.69) is 43.8 Å². The molecule has 0 saturated heterocycles. The quantitative estimate of drug-likeness (QED) is 0.538. The van der Waals surface area contributed by atoms with Crippen LogP contribution in [0.2, 0.25) is 0 Å². The van der Waals surface area contributed by atoms with Crippen molar-refractivity contribution in [3.05, 3.63) is 77.4 Å². The van der Waals surface area contributed by atoms with Crippen molar-refractivity contribution in [1.29, 1.82) is 0 Å². The highest BCUT2D eigenvalue weighted by molar-refractivity contribution is 5.69. The maximum absolute atomic E-state index is 4.59. The number of benzene rings is 2. The minimum atomic E-state index is 0.764. The molecule has 0 radical (unpaired) electrons. The summed E-state index contributed by atoms with van der Waals surface area (Å²) in [5.74, 6) is 2.35. The van der Waals surface area contributed by atoms with Gasteiger partial charge in [-0.15, -0.1) is 10.2 Å². The zero-order valence-corrected chi connectivity index (χ0v) is 15.9. The van der Waals surface area contributed by atoms with Gasteiger partial charge in [0.15, 0.2) is 11.6 Å². The Kier molecular flexibility index (Phi) is 4.28. The molecule has 5 nitrogen and oxygen atoms in total. The predicted molar refractivity (Wildman–Crippen MR) is 107 cm³/mol. The largest absolute Gasteiger partial charge is 0.271 e. The van der Waals surface area contributed by atoms with Crippen molar-refractivity contribution in [2.45, 2.75) is 27.7 Å². The van der Waals surface area contributed by atoms with E-state index < -0.39 is 0 Å². The number of nitrogens with zero attached hydrogens (tertiary/aromatic N) is 5. The average Bonchev–Trinajstić information content (AvgIpc) is 3.06. The van der Waals surface area contributed by atoms with Gasteiger partial charge in [-0.3, -0.25) is 4.57 Å². The fraction of sp³-hybridized carbons (Fsp3) is 0.182. The van der Waals surface area contributed by atoms with Crippen LogP contribution < -0.4 is 0 Å². The molecular formula is C22H21N5. The Morgan fingerprint density at radius 2 is 1.26 bits per heavy atom. The molecule has 27 heavy (non-hydrogen) atoms. The highest BCUT2D eigenvalue weighted by atomic mass is 15.3. The summed E-state index contributed by atoms with van der Waals surface area (Å²) in [6.07, 6.45) is 0. The molecular weight excluding hydrogens is 334 g/mol. The summed E-state index contributed by atoms with van der Waals surface area (Å²) in [5, 5.41) is 9.10. The summed E-state index contributed by atoms with van der Waals surface area (Å²) in [5.41, 5.74) is 5.95. The highest BCUT2D eigenvalue weighted by Crippen LogP contribution is 2.31. The van der Waals surface area contributed by atoms with E-state index in [9.17, 15) is 0 Å². The maximum atomic E-state index is 4.59. The Balaban J connectivity index is 2.07. The third-order valence-electron chi connectivity index (χ3n) is 4.65. The third-order valence-corrected chi connectivity index (χ3v) is 4.65. The zero-order valence-electron chi connectivity index (χ0n) is 15.9. The molecule has 4 aromatic rings. The molecule has 2 aromatic carbocycles. The van der Waals surface area contributed by atoms with E-state index in [-0.39, 0.29) is 0 Å². The average molecular weight is 355 g/mol. The van der Waals surface area contributed by atoms with Gasteiger partial charge in [-0.1, -0.05) is 54.6 Å². The Morgan fingerprint density at radius 3 is 1.93 bits per heavy atom. The number of hydrogen-bond acceptors (Lipinski definition) is 4. The summed E-state index contributed by atoms with van der Waals surface area (Å²) in [6.45, 7) is 8.01. The van der Waals surface area contributed by atoms with Gasteiger partial charge in [0.25, 0.3) is 0 Å². The van der Waals surface area contributed by atoms with Crippen LogP contribution in [0.25, 0.3) is 28.5 Å². The molecule has 0 saturated carbocycles. The summed E-state index contributed by atoms with van der Waals surface area (Å²) >= 11 is 0. The van der Waals surface area contributed by atoms with Gasteiger partial charge in [0.2, 0.25) is 0 Å². The van der Waals surface area contributed by atoms with Crippen LogP contribution in [-0.4, -0.2) is 24.7 Å². The highest BCUT2D eigenvalue weighted by Gasteiger charge is 2.22. The Hall–Kier alpha value is -3.34. The summed E-state index contributed by atoms with van der Waals surface area (Å²) in [6, 6.07) is 18.3. The minimum absolute atomic E-state index is 0.764. The van der Waals surface area contributed by atoms with Crippen molar-refractivity contribution in [1.82, 2.24) is 24.7 Å². The third kappa shape index (κ3) is 3.01. The second-order valence-corrected chi connectivity index (χ2v) is 6.65. The molecule has 0 unspecified atom stereocenters. The fourth-order valence-corrected chi connectivity index (χ4v) is 3.47. The lowest BCUT2D eigenvalue weighted by Gasteiger charge is -2.16. The lowest BCUT2D eigenvalue weighted by Crippen LogP contribution is -2.09. The molecule has 0 aliphatic heterocycles. The minimum Gasteiger partial charge on any atom is -0.271 e. The van der Waals surface area contributed by atoms with Gasteiger partial charge in [-0.25, -0.2) is 9.97 Å². The molecule has 0 atom stereocenters.